The van der Waals surface area contributed by atoms with Gasteiger partial charge in [-0.25, -0.2) is 8.42 Å². The van der Waals surface area contributed by atoms with Crippen LogP contribution in [0.15, 0.2) is 0 Å². The molecule has 0 aromatic rings. The van der Waals surface area contributed by atoms with E-state index in [0.717, 1.165) is 6.54 Å². The molecule has 2 aliphatic rings. The molecular formula is C12H23N3O4S. The van der Waals surface area contributed by atoms with Crippen molar-refractivity contribution in [3.8, 4) is 0 Å². The van der Waals surface area contributed by atoms with Gasteiger partial charge in [-0.15, -0.1) is 0 Å². The van der Waals surface area contributed by atoms with Gasteiger partial charge in [0, 0.05) is 26.2 Å². The molecular weight excluding hydrogens is 282 g/mol. The highest BCUT2D eigenvalue weighted by Gasteiger charge is 2.46. The minimum absolute atomic E-state index is 0.0327. The lowest BCUT2D eigenvalue weighted by Gasteiger charge is -2.30. The minimum atomic E-state index is -3.21. The van der Waals surface area contributed by atoms with Crippen LogP contribution in [0.2, 0.25) is 0 Å². The second kappa shape index (κ2) is 5.97. The van der Waals surface area contributed by atoms with Gasteiger partial charge in [0.05, 0.1) is 24.4 Å². The zero-order valence-electron chi connectivity index (χ0n) is 12.2. The number of nitrogens with one attached hydrogen (secondary N) is 1. The Morgan fingerprint density at radius 3 is 2.70 bits per heavy atom. The summed E-state index contributed by atoms with van der Waals surface area (Å²) in [6.45, 7) is 2.01. The average Bonchev–Trinajstić information content (AvgIpc) is 2.62. The number of sulfonamides is 1. The van der Waals surface area contributed by atoms with Crippen molar-refractivity contribution >= 4 is 15.9 Å². The number of hydrogen-bond donors (Lipinski definition) is 1. The van der Waals surface area contributed by atoms with Crippen LogP contribution >= 0.6 is 0 Å². The normalized spacial score (nSPS) is 30.7. The van der Waals surface area contributed by atoms with Crippen molar-refractivity contribution in [3.05, 3.63) is 0 Å². The number of morpholine rings is 1. The van der Waals surface area contributed by atoms with E-state index in [-0.39, 0.29) is 30.6 Å². The van der Waals surface area contributed by atoms with E-state index in [0.29, 0.717) is 19.5 Å². The summed E-state index contributed by atoms with van der Waals surface area (Å²) < 4.78 is 30.3. The molecule has 116 valence electrons. The number of fused-ring (bicyclic) bond motifs is 2. The topological polar surface area (TPSA) is 79.0 Å². The molecule has 0 saturated carbocycles. The molecule has 2 bridgehead atoms. The van der Waals surface area contributed by atoms with Crippen LogP contribution in [0.25, 0.3) is 0 Å². The van der Waals surface area contributed by atoms with Gasteiger partial charge in [0.25, 0.3) is 0 Å². The van der Waals surface area contributed by atoms with E-state index in [2.05, 4.69) is 5.32 Å². The van der Waals surface area contributed by atoms with E-state index in [9.17, 15) is 13.2 Å². The van der Waals surface area contributed by atoms with Crippen LogP contribution in [0.1, 0.15) is 6.42 Å². The third kappa shape index (κ3) is 3.69. The maximum Gasteiger partial charge on any atom is 0.225 e. The Hall–Kier alpha value is -0.700. The van der Waals surface area contributed by atoms with Gasteiger partial charge < -0.3 is 15.0 Å². The fraction of sp³-hybridized carbons (Fsp3) is 0.917. The Kier molecular flexibility index (Phi) is 4.68. The molecule has 2 rings (SSSR count). The van der Waals surface area contributed by atoms with Gasteiger partial charge in [-0.3, -0.25) is 4.79 Å². The molecule has 1 amide bonds. The SMILES string of the molecule is CN(C)CCNC(=O)[C@H]1C[C@H]2CN(S(C)(=O)=O)C[C@H]1O2. The van der Waals surface area contributed by atoms with E-state index < -0.39 is 10.0 Å². The molecule has 0 spiro atoms. The molecule has 2 aliphatic heterocycles. The highest BCUT2D eigenvalue weighted by atomic mass is 32.2. The van der Waals surface area contributed by atoms with E-state index in [1.165, 1.54) is 10.6 Å². The molecule has 2 heterocycles. The number of likely N-dealkylation sites (N-methyl/N-ethyl adjacent to an activating group) is 1. The van der Waals surface area contributed by atoms with Crippen LogP contribution in [0.3, 0.4) is 0 Å². The summed E-state index contributed by atoms with van der Waals surface area (Å²) in [6.07, 6.45) is 1.32. The van der Waals surface area contributed by atoms with Gasteiger partial charge in [0.15, 0.2) is 0 Å². The number of nitrogens with zero attached hydrogens (tertiary/aromatic N) is 2. The van der Waals surface area contributed by atoms with E-state index in [1.54, 1.807) is 0 Å². The molecule has 0 aliphatic carbocycles. The Balaban J connectivity index is 1.91. The molecule has 20 heavy (non-hydrogen) atoms. The van der Waals surface area contributed by atoms with Crippen LogP contribution in [-0.2, 0) is 19.6 Å². The summed E-state index contributed by atoms with van der Waals surface area (Å²) in [5.41, 5.74) is 0. The Morgan fingerprint density at radius 2 is 2.10 bits per heavy atom. The molecule has 0 aromatic heterocycles. The van der Waals surface area contributed by atoms with Crippen molar-refractivity contribution in [2.24, 2.45) is 5.92 Å². The fourth-order valence-corrected chi connectivity index (χ4v) is 3.56. The van der Waals surface area contributed by atoms with Gasteiger partial charge in [-0.1, -0.05) is 0 Å². The van der Waals surface area contributed by atoms with Gasteiger partial charge in [0.2, 0.25) is 15.9 Å². The van der Waals surface area contributed by atoms with Crippen molar-refractivity contribution in [2.75, 3.05) is 46.5 Å². The smallest absolute Gasteiger partial charge is 0.225 e. The van der Waals surface area contributed by atoms with Gasteiger partial charge >= 0.3 is 0 Å². The van der Waals surface area contributed by atoms with Gasteiger partial charge in [0.1, 0.15) is 0 Å². The van der Waals surface area contributed by atoms with E-state index in [1.807, 2.05) is 19.0 Å². The first-order valence-corrected chi connectivity index (χ1v) is 8.65. The van der Waals surface area contributed by atoms with Crippen LogP contribution in [0.4, 0.5) is 0 Å². The maximum atomic E-state index is 12.1. The molecule has 0 unspecified atom stereocenters. The van der Waals surface area contributed by atoms with Crippen LogP contribution in [-0.4, -0.2) is 82.3 Å². The highest BCUT2D eigenvalue weighted by molar-refractivity contribution is 7.88. The second-order valence-corrected chi connectivity index (χ2v) is 7.80. The van der Waals surface area contributed by atoms with Gasteiger partial charge in [-0.05, 0) is 20.5 Å². The van der Waals surface area contributed by atoms with E-state index in [4.69, 9.17) is 4.74 Å². The Bertz CT molecular complexity index is 465. The molecule has 3 atom stereocenters. The first kappa shape index (κ1) is 15.7. The predicted molar refractivity (Wildman–Crippen MR) is 74.7 cm³/mol. The lowest BCUT2D eigenvalue weighted by molar-refractivity contribution is -0.127. The van der Waals surface area contributed by atoms with Crippen molar-refractivity contribution in [2.45, 2.75) is 18.6 Å². The molecule has 8 heteroatoms. The van der Waals surface area contributed by atoms with Crippen molar-refractivity contribution in [1.29, 1.82) is 0 Å². The van der Waals surface area contributed by atoms with Crippen molar-refractivity contribution in [1.82, 2.24) is 14.5 Å². The summed E-state index contributed by atoms with van der Waals surface area (Å²) >= 11 is 0. The quantitative estimate of drug-likeness (QED) is 0.684. The second-order valence-electron chi connectivity index (χ2n) is 5.81. The number of rotatable bonds is 5. The zero-order chi connectivity index (χ0) is 14.9. The lowest BCUT2D eigenvalue weighted by atomic mass is 9.99. The third-order valence-electron chi connectivity index (χ3n) is 3.79. The van der Waals surface area contributed by atoms with Crippen LogP contribution in [0, 0.1) is 5.92 Å². The summed E-state index contributed by atoms with van der Waals surface area (Å²) in [5, 5.41) is 2.89. The standard InChI is InChI=1S/C12H23N3O4S/c1-14(2)5-4-13-12(16)10-6-9-7-15(20(3,17)18)8-11(10)19-9/h9-11H,4-8H2,1-3H3,(H,13,16)/t9-,10-,11+/m0/s1. The molecule has 2 saturated heterocycles. The minimum Gasteiger partial charge on any atom is -0.371 e. The average molecular weight is 305 g/mol. The molecule has 0 aromatic carbocycles. The van der Waals surface area contributed by atoms with Crippen LogP contribution in [0.5, 0.6) is 0 Å². The fourth-order valence-electron chi connectivity index (χ4n) is 2.70. The number of hydrogen-bond acceptors (Lipinski definition) is 5. The first-order chi connectivity index (χ1) is 9.27. The summed E-state index contributed by atoms with van der Waals surface area (Å²) in [7, 11) is 0.678. The lowest BCUT2D eigenvalue weighted by Crippen LogP contribution is -2.47. The summed E-state index contributed by atoms with van der Waals surface area (Å²) in [4.78, 5) is 14.1. The number of amides is 1. The van der Waals surface area contributed by atoms with Crippen molar-refractivity contribution in [3.63, 3.8) is 0 Å². The molecule has 2 fully saturated rings. The number of ether oxygens (including phenoxy) is 1. The van der Waals surface area contributed by atoms with Crippen molar-refractivity contribution < 1.29 is 17.9 Å². The zero-order valence-corrected chi connectivity index (χ0v) is 13.0. The number of carbonyl (C=O) groups excluding carboxylic acids is 1. The predicted octanol–water partition coefficient (Wildman–Crippen LogP) is -1.29. The van der Waals surface area contributed by atoms with Crippen LogP contribution < -0.4 is 5.32 Å². The molecule has 7 nitrogen and oxygen atoms in total. The monoisotopic (exact) mass is 305 g/mol. The molecule has 0 radical (unpaired) electrons. The first-order valence-electron chi connectivity index (χ1n) is 6.80. The summed E-state index contributed by atoms with van der Waals surface area (Å²) in [5.74, 6) is -0.274. The third-order valence-corrected chi connectivity index (χ3v) is 5.02. The van der Waals surface area contributed by atoms with Gasteiger partial charge in [-0.2, -0.15) is 4.31 Å². The summed E-state index contributed by atoms with van der Waals surface area (Å²) in [6, 6.07) is 0. The molecule has 1 N–H and O–H groups in total. The maximum absolute atomic E-state index is 12.1. The largest absolute Gasteiger partial charge is 0.371 e. The Morgan fingerprint density at radius 1 is 1.40 bits per heavy atom. The highest BCUT2D eigenvalue weighted by Crippen LogP contribution is 2.32. The Labute approximate surface area is 120 Å². The van der Waals surface area contributed by atoms with E-state index >= 15 is 0 Å². The number of carbonyl (C=O) groups is 1.